The standard InChI is InChI=1S/C8H12N2.C2H6/c9-6-8(2-1-3-8)7-4-10-5-7;1-2/h7,10H,1-5H2;1-2H3. The summed E-state index contributed by atoms with van der Waals surface area (Å²) >= 11 is 0. The third-order valence-corrected chi connectivity index (χ3v) is 3.03. The lowest BCUT2D eigenvalue weighted by Gasteiger charge is -2.46. The molecule has 0 radical (unpaired) electrons. The predicted molar refractivity (Wildman–Crippen MR) is 49.6 cm³/mol. The van der Waals surface area contributed by atoms with E-state index in [9.17, 15) is 0 Å². The SMILES string of the molecule is CC.N#CC1(C2CNC2)CCC1. The van der Waals surface area contributed by atoms with Gasteiger partial charge in [-0.1, -0.05) is 20.3 Å². The Morgan fingerprint density at radius 2 is 1.92 bits per heavy atom. The molecule has 2 fully saturated rings. The zero-order valence-electron chi connectivity index (χ0n) is 8.06. The van der Waals surface area contributed by atoms with Crippen LogP contribution in [0, 0.1) is 22.7 Å². The molecule has 1 heterocycles. The first kappa shape index (κ1) is 9.54. The molecule has 1 saturated carbocycles. The third kappa shape index (κ3) is 1.34. The van der Waals surface area contributed by atoms with Crippen LogP contribution in [-0.2, 0) is 0 Å². The molecule has 0 amide bonds. The van der Waals surface area contributed by atoms with Crippen molar-refractivity contribution in [1.82, 2.24) is 5.32 Å². The Balaban J connectivity index is 0.000000336. The number of hydrogen-bond acceptors (Lipinski definition) is 2. The fraction of sp³-hybridized carbons (Fsp3) is 0.900. The fourth-order valence-electron chi connectivity index (χ4n) is 1.85. The minimum Gasteiger partial charge on any atom is -0.316 e. The summed E-state index contributed by atoms with van der Waals surface area (Å²) < 4.78 is 0. The van der Waals surface area contributed by atoms with E-state index in [0.717, 1.165) is 25.9 Å². The first-order valence-corrected chi connectivity index (χ1v) is 4.99. The molecule has 68 valence electrons. The van der Waals surface area contributed by atoms with Gasteiger partial charge in [-0.25, -0.2) is 0 Å². The van der Waals surface area contributed by atoms with Crippen LogP contribution in [0.2, 0.25) is 0 Å². The van der Waals surface area contributed by atoms with Crippen molar-refractivity contribution >= 4 is 0 Å². The maximum absolute atomic E-state index is 8.89. The molecule has 0 unspecified atom stereocenters. The van der Waals surface area contributed by atoms with Crippen LogP contribution in [0.1, 0.15) is 33.1 Å². The summed E-state index contributed by atoms with van der Waals surface area (Å²) in [5.41, 5.74) is 0.102. The van der Waals surface area contributed by atoms with Crippen LogP contribution >= 0.6 is 0 Å². The molecule has 0 bridgehead atoms. The van der Waals surface area contributed by atoms with Gasteiger partial charge in [0, 0.05) is 19.0 Å². The quantitative estimate of drug-likeness (QED) is 0.646. The Kier molecular flexibility index (Phi) is 3.11. The van der Waals surface area contributed by atoms with Crippen LogP contribution in [0.4, 0.5) is 0 Å². The van der Waals surface area contributed by atoms with E-state index in [1.54, 1.807) is 0 Å². The molecule has 2 heteroatoms. The first-order chi connectivity index (χ1) is 5.87. The van der Waals surface area contributed by atoms with Crippen LogP contribution < -0.4 is 5.32 Å². The van der Waals surface area contributed by atoms with E-state index in [1.807, 2.05) is 13.8 Å². The van der Waals surface area contributed by atoms with E-state index in [0.29, 0.717) is 5.92 Å². The number of rotatable bonds is 1. The van der Waals surface area contributed by atoms with Gasteiger partial charge in [0.05, 0.1) is 11.5 Å². The molecule has 1 N–H and O–H groups in total. The summed E-state index contributed by atoms with van der Waals surface area (Å²) in [6.07, 6.45) is 3.57. The Morgan fingerprint density at radius 3 is 2.00 bits per heavy atom. The first-order valence-electron chi connectivity index (χ1n) is 4.99. The molecular weight excluding hydrogens is 148 g/mol. The zero-order valence-corrected chi connectivity index (χ0v) is 8.06. The third-order valence-electron chi connectivity index (χ3n) is 3.03. The van der Waals surface area contributed by atoms with Crippen molar-refractivity contribution in [3.05, 3.63) is 0 Å². The van der Waals surface area contributed by atoms with Gasteiger partial charge in [0.25, 0.3) is 0 Å². The van der Waals surface area contributed by atoms with Crippen LogP contribution in [-0.4, -0.2) is 13.1 Å². The van der Waals surface area contributed by atoms with Gasteiger partial charge in [-0.2, -0.15) is 5.26 Å². The van der Waals surface area contributed by atoms with Crippen molar-refractivity contribution in [3.8, 4) is 6.07 Å². The molecule has 1 saturated heterocycles. The second kappa shape index (κ2) is 3.91. The van der Waals surface area contributed by atoms with E-state index in [1.165, 1.54) is 6.42 Å². The van der Waals surface area contributed by atoms with Gasteiger partial charge in [0.15, 0.2) is 0 Å². The van der Waals surface area contributed by atoms with E-state index in [4.69, 9.17) is 5.26 Å². The zero-order chi connectivity index (χ0) is 9.03. The van der Waals surface area contributed by atoms with Crippen molar-refractivity contribution in [2.24, 2.45) is 11.3 Å². The fourth-order valence-corrected chi connectivity index (χ4v) is 1.85. The Bertz CT molecular complexity index is 173. The highest BCUT2D eigenvalue weighted by Crippen LogP contribution is 2.47. The van der Waals surface area contributed by atoms with Gasteiger partial charge < -0.3 is 5.32 Å². The molecule has 12 heavy (non-hydrogen) atoms. The molecule has 0 atom stereocenters. The van der Waals surface area contributed by atoms with Crippen LogP contribution in [0.15, 0.2) is 0 Å². The number of nitrogens with one attached hydrogen (secondary N) is 1. The van der Waals surface area contributed by atoms with Crippen molar-refractivity contribution in [3.63, 3.8) is 0 Å². The summed E-state index contributed by atoms with van der Waals surface area (Å²) in [5, 5.41) is 12.1. The highest BCUT2D eigenvalue weighted by Gasteiger charge is 2.46. The Labute approximate surface area is 75.0 Å². The van der Waals surface area contributed by atoms with Gasteiger partial charge in [0.1, 0.15) is 0 Å². The van der Waals surface area contributed by atoms with Crippen molar-refractivity contribution in [2.45, 2.75) is 33.1 Å². The van der Waals surface area contributed by atoms with Crippen LogP contribution in [0.25, 0.3) is 0 Å². The molecule has 0 aromatic rings. The van der Waals surface area contributed by atoms with E-state index in [-0.39, 0.29) is 5.41 Å². The van der Waals surface area contributed by atoms with E-state index >= 15 is 0 Å². The summed E-state index contributed by atoms with van der Waals surface area (Å²) in [7, 11) is 0. The lowest BCUT2D eigenvalue weighted by atomic mass is 9.60. The average Bonchev–Trinajstić information content (AvgIpc) is 1.97. The minimum absolute atomic E-state index is 0.102. The van der Waals surface area contributed by atoms with Gasteiger partial charge in [-0.15, -0.1) is 0 Å². The smallest absolute Gasteiger partial charge is 0.0693 e. The van der Waals surface area contributed by atoms with Crippen LogP contribution in [0.5, 0.6) is 0 Å². The maximum Gasteiger partial charge on any atom is 0.0693 e. The second-order valence-electron chi connectivity index (χ2n) is 3.48. The largest absolute Gasteiger partial charge is 0.316 e. The summed E-state index contributed by atoms with van der Waals surface area (Å²) in [6.45, 7) is 6.15. The molecule has 0 aromatic carbocycles. The predicted octanol–water partition coefficient (Wildman–Crippen LogP) is 1.93. The monoisotopic (exact) mass is 166 g/mol. The highest BCUT2D eigenvalue weighted by atomic mass is 15.0. The molecule has 1 aliphatic heterocycles. The highest BCUT2D eigenvalue weighted by molar-refractivity contribution is 5.11. The summed E-state index contributed by atoms with van der Waals surface area (Å²) in [6, 6.07) is 2.48. The lowest BCUT2D eigenvalue weighted by Crippen LogP contribution is -2.53. The Hall–Kier alpha value is -0.550. The summed E-state index contributed by atoms with van der Waals surface area (Å²) in [5.74, 6) is 0.672. The molecule has 0 spiro atoms. The van der Waals surface area contributed by atoms with Gasteiger partial charge in [-0.05, 0) is 12.8 Å². The number of nitriles is 1. The van der Waals surface area contributed by atoms with Crippen LogP contribution in [0.3, 0.4) is 0 Å². The van der Waals surface area contributed by atoms with Gasteiger partial charge >= 0.3 is 0 Å². The van der Waals surface area contributed by atoms with Crippen molar-refractivity contribution in [2.75, 3.05) is 13.1 Å². The molecule has 0 aromatic heterocycles. The Morgan fingerprint density at radius 1 is 1.33 bits per heavy atom. The average molecular weight is 166 g/mol. The van der Waals surface area contributed by atoms with Gasteiger partial charge in [-0.3, -0.25) is 0 Å². The molecular formula is C10H18N2. The minimum atomic E-state index is 0.102. The second-order valence-corrected chi connectivity index (χ2v) is 3.48. The molecule has 2 nitrogen and oxygen atoms in total. The van der Waals surface area contributed by atoms with Gasteiger partial charge in [0.2, 0.25) is 0 Å². The topological polar surface area (TPSA) is 35.8 Å². The number of hydrogen-bond donors (Lipinski definition) is 1. The summed E-state index contributed by atoms with van der Waals surface area (Å²) in [4.78, 5) is 0. The number of nitrogens with zero attached hydrogens (tertiary/aromatic N) is 1. The molecule has 2 rings (SSSR count). The van der Waals surface area contributed by atoms with E-state index < -0.39 is 0 Å². The molecule has 1 aliphatic carbocycles. The lowest BCUT2D eigenvalue weighted by molar-refractivity contribution is 0.0764. The maximum atomic E-state index is 8.89. The van der Waals surface area contributed by atoms with Crippen molar-refractivity contribution < 1.29 is 0 Å². The normalized spacial score (nSPS) is 25.4. The van der Waals surface area contributed by atoms with Crippen molar-refractivity contribution in [1.29, 1.82) is 5.26 Å². The van der Waals surface area contributed by atoms with E-state index in [2.05, 4.69) is 11.4 Å². The molecule has 2 aliphatic rings.